The van der Waals surface area contributed by atoms with Gasteiger partial charge in [0.25, 0.3) is 0 Å². The summed E-state index contributed by atoms with van der Waals surface area (Å²) in [5.41, 5.74) is 2.08. The van der Waals surface area contributed by atoms with Gasteiger partial charge in [-0.1, -0.05) is 26.3 Å². The summed E-state index contributed by atoms with van der Waals surface area (Å²) in [5.74, 6) is 0.0704. The Hall–Kier alpha value is -0.670. The molecule has 0 radical (unpaired) electrons. The van der Waals surface area contributed by atoms with E-state index in [0.717, 1.165) is 12.0 Å². The Kier molecular flexibility index (Phi) is 3.41. The third-order valence-electron chi connectivity index (χ3n) is 5.05. The number of carbonyl (C=O) groups is 1. The molecule has 0 aromatic rings. The molecule has 2 rings (SSSR count). The predicted octanol–water partition coefficient (Wildman–Crippen LogP) is 2.07. The van der Waals surface area contributed by atoms with Crippen LogP contribution in [0.5, 0.6) is 0 Å². The van der Waals surface area contributed by atoms with Crippen molar-refractivity contribution in [3.05, 3.63) is 11.1 Å². The fourth-order valence-electron chi connectivity index (χ4n) is 4.02. The Balaban J connectivity index is 2.55. The predicted molar refractivity (Wildman–Crippen MR) is 70.0 cm³/mol. The first-order valence-corrected chi connectivity index (χ1v) is 6.86. The van der Waals surface area contributed by atoms with Crippen LogP contribution in [0.15, 0.2) is 11.1 Å². The molecular formula is C15H24O3. The standard InChI is InChI=1S/C15H24O3/c1-8-5-6-11(16)14(18)10-7-12(17)9(2)13(8)15(10,3)4/h8,10,12,14,17-18H,5-7H2,1-4H3/t8?,10?,12-,14?/m0/s1. The van der Waals surface area contributed by atoms with Crippen molar-refractivity contribution in [3.63, 3.8) is 0 Å². The number of fused-ring (bicyclic) bond motifs is 2. The highest BCUT2D eigenvalue weighted by atomic mass is 16.3. The highest BCUT2D eigenvalue weighted by Crippen LogP contribution is 2.51. The van der Waals surface area contributed by atoms with Crippen LogP contribution in [0.4, 0.5) is 0 Å². The number of hydrogen-bond donors (Lipinski definition) is 2. The first-order chi connectivity index (χ1) is 8.26. The van der Waals surface area contributed by atoms with E-state index in [0.29, 0.717) is 18.8 Å². The Morgan fingerprint density at radius 2 is 1.89 bits per heavy atom. The Labute approximate surface area is 109 Å². The summed E-state index contributed by atoms with van der Waals surface area (Å²) in [4.78, 5) is 11.9. The lowest BCUT2D eigenvalue weighted by molar-refractivity contribution is -0.134. The smallest absolute Gasteiger partial charge is 0.161 e. The summed E-state index contributed by atoms with van der Waals surface area (Å²) < 4.78 is 0. The van der Waals surface area contributed by atoms with Crippen molar-refractivity contribution in [2.24, 2.45) is 17.3 Å². The zero-order valence-corrected chi connectivity index (χ0v) is 11.7. The molecule has 18 heavy (non-hydrogen) atoms. The van der Waals surface area contributed by atoms with Gasteiger partial charge in [-0.15, -0.1) is 0 Å². The Morgan fingerprint density at radius 1 is 1.28 bits per heavy atom. The molecule has 2 N–H and O–H groups in total. The normalized spacial score (nSPS) is 40.4. The minimum absolute atomic E-state index is 0.0641. The Bertz CT molecular complexity index is 395. The summed E-state index contributed by atoms with van der Waals surface area (Å²) in [6.45, 7) is 8.31. The molecule has 0 aromatic heterocycles. The Morgan fingerprint density at radius 3 is 2.50 bits per heavy atom. The molecule has 1 fully saturated rings. The lowest BCUT2D eigenvalue weighted by Crippen LogP contribution is -2.48. The lowest BCUT2D eigenvalue weighted by atomic mass is 9.58. The zero-order valence-electron chi connectivity index (χ0n) is 11.7. The average Bonchev–Trinajstić information content (AvgIpc) is 2.28. The highest BCUT2D eigenvalue weighted by molar-refractivity contribution is 5.83. The summed E-state index contributed by atoms with van der Waals surface area (Å²) in [7, 11) is 0. The van der Waals surface area contributed by atoms with Gasteiger partial charge in [0.1, 0.15) is 6.10 Å². The SMILES string of the molecule is CC1=C2C(C)CCC(=O)C(O)C(C[C@@H]1O)C2(C)C. The second kappa shape index (κ2) is 4.46. The second-order valence-electron chi connectivity index (χ2n) is 6.53. The van der Waals surface area contributed by atoms with Crippen LogP contribution in [-0.4, -0.2) is 28.2 Å². The maximum Gasteiger partial charge on any atom is 0.161 e. The highest BCUT2D eigenvalue weighted by Gasteiger charge is 2.48. The molecule has 102 valence electrons. The van der Waals surface area contributed by atoms with Crippen molar-refractivity contribution in [1.82, 2.24) is 0 Å². The van der Waals surface area contributed by atoms with Crippen LogP contribution in [0.2, 0.25) is 0 Å². The van der Waals surface area contributed by atoms with E-state index in [2.05, 4.69) is 20.8 Å². The number of aliphatic hydroxyl groups is 2. The van der Waals surface area contributed by atoms with Gasteiger partial charge in [0, 0.05) is 12.3 Å². The zero-order chi connectivity index (χ0) is 13.7. The summed E-state index contributed by atoms with van der Waals surface area (Å²) in [5, 5.41) is 20.4. The van der Waals surface area contributed by atoms with E-state index in [-0.39, 0.29) is 17.1 Å². The molecule has 3 nitrogen and oxygen atoms in total. The van der Waals surface area contributed by atoms with Gasteiger partial charge in [-0.3, -0.25) is 4.79 Å². The van der Waals surface area contributed by atoms with Crippen LogP contribution >= 0.6 is 0 Å². The molecule has 1 saturated carbocycles. The van der Waals surface area contributed by atoms with E-state index < -0.39 is 12.2 Å². The van der Waals surface area contributed by atoms with E-state index in [1.165, 1.54) is 5.57 Å². The van der Waals surface area contributed by atoms with Crippen molar-refractivity contribution in [2.75, 3.05) is 0 Å². The van der Waals surface area contributed by atoms with Crippen LogP contribution in [0.3, 0.4) is 0 Å². The van der Waals surface area contributed by atoms with Gasteiger partial charge in [-0.25, -0.2) is 0 Å². The first-order valence-electron chi connectivity index (χ1n) is 6.86. The van der Waals surface area contributed by atoms with Gasteiger partial charge < -0.3 is 10.2 Å². The van der Waals surface area contributed by atoms with Gasteiger partial charge in [0.15, 0.2) is 5.78 Å². The average molecular weight is 252 g/mol. The van der Waals surface area contributed by atoms with Crippen molar-refractivity contribution >= 4 is 5.78 Å². The van der Waals surface area contributed by atoms with E-state index >= 15 is 0 Å². The molecule has 0 spiro atoms. The molecule has 2 aliphatic rings. The number of carbonyl (C=O) groups excluding carboxylic acids is 1. The molecule has 3 heteroatoms. The van der Waals surface area contributed by atoms with E-state index in [1.54, 1.807) is 0 Å². The maximum absolute atomic E-state index is 11.9. The van der Waals surface area contributed by atoms with Gasteiger partial charge in [-0.2, -0.15) is 0 Å². The van der Waals surface area contributed by atoms with Gasteiger partial charge >= 0.3 is 0 Å². The lowest BCUT2D eigenvalue weighted by Gasteiger charge is -2.48. The fourth-order valence-corrected chi connectivity index (χ4v) is 4.02. The molecule has 0 amide bonds. The number of allylic oxidation sites excluding steroid dienone is 1. The fraction of sp³-hybridized carbons (Fsp3) is 0.800. The van der Waals surface area contributed by atoms with Gasteiger partial charge in [0.05, 0.1) is 6.10 Å². The topological polar surface area (TPSA) is 57.5 Å². The first kappa shape index (κ1) is 13.8. The quantitative estimate of drug-likeness (QED) is 0.649. The summed E-state index contributed by atoms with van der Waals surface area (Å²) >= 11 is 0. The van der Waals surface area contributed by atoms with Crippen molar-refractivity contribution < 1.29 is 15.0 Å². The van der Waals surface area contributed by atoms with Gasteiger partial charge in [0.2, 0.25) is 0 Å². The molecule has 2 bridgehead atoms. The minimum atomic E-state index is -0.926. The molecule has 0 aliphatic heterocycles. The van der Waals surface area contributed by atoms with Gasteiger partial charge in [-0.05, 0) is 36.7 Å². The van der Waals surface area contributed by atoms with E-state index in [4.69, 9.17) is 0 Å². The van der Waals surface area contributed by atoms with E-state index in [9.17, 15) is 15.0 Å². The van der Waals surface area contributed by atoms with E-state index in [1.807, 2.05) is 6.92 Å². The monoisotopic (exact) mass is 252 g/mol. The maximum atomic E-state index is 11.9. The van der Waals surface area contributed by atoms with Crippen LogP contribution < -0.4 is 0 Å². The second-order valence-corrected chi connectivity index (χ2v) is 6.53. The van der Waals surface area contributed by atoms with Crippen LogP contribution in [0.25, 0.3) is 0 Å². The molecule has 0 saturated heterocycles. The number of ketones is 1. The van der Waals surface area contributed by atoms with Crippen LogP contribution in [0.1, 0.15) is 47.0 Å². The molecule has 2 aliphatic carbocycles. The molecule has 0 aromatic carbocycles. The molecule has 3 unspecified atom stereocenters. The summed E-state index contributed by atoms with van der Waals surface area (Å²) in [6.07, 6.45) is 0.265. The largest absolute Gasteiger partial charge is 0.389 e. The number of hydrogen-bond acceptors (Lipinski definition) is 3. The van der Waals surface area contributed by atoms with Crippen LogP contribution in [0, 0.1) is 17.3 Å². The third kappa shape index (κ3) is 1.94. The third-order valence-corrected chi connectivity index (χ3v) is 5.05. The number of aliphatic hydroxyl groups excluding tert-OH is 2. The number of Topliss-reactive ketones (excluding diaryl/α,β-unsaturated/α-hetero) is 1. The van der Waals surface area contributed by atoms with Crippen LogP contribution in [-0.2, 0) is 4.79 Å². The molecular weight excluding hydrogens is 228 g/mol. The van der Waals surface area contributed by atoms with Crippen molar-refractivity contribution in [3.8, 4) is 0 Å². The molecule has 4 atom stereocenters. The van der Waals surface area contributed by atoms with Crippen molar-refractivity contribution in [1.29, 1.82) is 0 Å². The summed E-state index contributed by atoms with van der Waals surface area (Å²) in [6, 6.07) is 0. The molecule has 0 heterocycles. The number of rotatable bonds is 0. The minimum Gasteiger partial charge on any atom is -0.389 e. The van der Waals surface area contributed by atoms with Crippen molar-refractivity contribution in [2.45, 2.75) is 59.2 Å².